The first-order chi connectivity index (χ1) is 7.24. The van der Waals surface area contributed by atoms with Crippen LogP contribution in [0.5, 0.6) is 0 Å². The molecule has 0 spiro atoms. The van der Waals surface area contributed by atoms with Crippen LogP contribution in [0.15, 0.2) is 6.07 Å². The van der Waals surface area contributed by atoms with Crippen LogP contribution in [0.1, 0.15) is 38.6 Å². The van der Waals surface area contributed by atoms with Crippen LogP contribution in [0.25, 0.3) is 0 Å². The second kappa shape index (κ2) is 6.16. The molecule has 15 heavy (non-hydrogen) atoms. The summed E-state index contributed by atoms with van der Waals surface area (Å²) in [5.41, 5.74) is 2.53. The summed E-state index contributed by atoms with van der Waals surface area (Å²) in [7, 11) is 0. The molecule has 1 heterocycles. The zero-order valence-electron chi connectivity index (χ0n) is 9.96. The van der Waals surface area contributed by atoms with Crippen LogP contribution in [-0.4, -0.2) is 15.7 Å². The van der Waals surface area contributed by atoms with Crippen LogP contribution in [-0.2, 0) is 19.4 Å². The number of aryl methyl sites for hydroxylation is 2. The van der Waals surface area contributed by atoms with E-state index in [0.717, 1.165) is 31.7 Å². The van der Waals surface area contributed by atoms with Gasteiger partial charge in [-0.05, 0) is 31.7 Å². The standard InChI is InChI=1S/C12H21ClN2/c1-4-10(9-13)7-12-8-11(5-2)14-15(12)6-3/h8,10H,4-7,9H2,1-3H3. The molecule has 0 aliphatic heterocycles. The summed E-state index contributed by atoms with van der Waals surface area (Å²) in [5.74, 6) is 1.32. The summed E-state index contributed by atoms with van der Waals surface area (Å²) >= 11 is 5.92. The van der Waals surface area contributed by atoms with E-state index < -0.39 is 0 Å². The Balaban J connectivity index is 2.77. The van der Waals surface area contributed by atoms with Gasteiger partial charge >= 0.3 is 0 Å². The molecule has 1 aromatic rings. The minimum atomic E-state index is 0.582. The van der Waals surface area contributed by atoms with Gasteiger partial charge in [0.05, 0.1) is 5.69 Å². The van der Waals surface area contributed by atoms with E-state index in [4.69, 9.17) is 11.6 Å². The summed E-state index contributed by atoms with van der Waals surface area (Å²) in [6.45, 7) is 7.43. The van der Waals surface area contributed by atoms with Crippen molar-refractivity contribution >= 4 is 11.6 Å². The van der Waals surface area contributed by atoms with Crippen molar-refractivity contribution in [2.75, 3.05) is 5.88 Å². The molecule has 0 radical (unpaired) electrons. The van der Waals surface area contributed by atoms with Gasteiger partial charge in [-0.15, -0.1) is 11.6 Å². The second-order valence-corrected chi connectivity index (χ2v) is 4.24. The summed E-state index contributed by atoms with van der Waals surface area (Å²) in [6.07, 6.45) is 3.21. The predicted molar refractivity (Wildman–Crippen MR) is 65.5 cm³/mol. The van der Waals surface area contributed by atoms with Gasteiger partial charge in [0.1, 0.15) is 0 Å². The lowest BCUT2D eigenvalue weighted by Gasteiger charge is -2.11. The van der Waals surface area contributed by atoms with E-state index in [1.807, 2.05) is 0 Å². The fourth-order valence-electron chi connectivity index (χ4n) is 1.73. The van der Waals surface area contributed by atoms with E-state index in [-0.39, 0.29) is 0 Å². The highest BCUT2D eigenvalue weighted by atomic mass is 35.5. The number of alkyl halides is 1. The molecule has 0 amide bonds. The minimum absolute atomic E-state index is 0.582. The quantitative estimate of drug-likeness (QED) is 0.684. The molecule has 1 unspecified atom stereocenters. The van der Waals surface area contributed by atoms with Crippen LogP contribution >= 0.6 is 11.6 Å². The van der Waals surface area contributed by atoms with Crippen LogP contribution in [0.3, 0.4) is 0 Å². The molecule has 1 aromatic heterocycles. The predicted octanol–water partition coefficient (Wildman–Crippen LogP) is 3.27. The fraction of sp³-hybridized carbons (Fsp3) is 0.750. The number of rotatable bonds is 6. The highest BCUT2D eigenvalue weighted by Gasteiger charge is 2.11. The van der Waals surface area contributed by atoms with Crippen molar-refractivity contribution in [3.63, 3.8) is 0 Å². The maximum Gasteiger partial charge on any atom is 0.0624 e. The zero-order valence-corrected chi connectivity index (χ0v) is 10.7. The van der Waals surface area contributed by atoms with Crippen molar-refractivity contribution in [2.45, 2.75) is 46.6 Å². The molecule has 86 valence electrons. The molecule has 0 aliphatic rings. The van der Waals surface area contributed by atoms with Crippen molar-refractivity contribution < 1.29 is 0 Å². The van der Waals surface area contributed by atoms with Gasteiger partial charge in [-0.25, -0.2) is 0 Å². The minimum Gasteiger partial charge on any atom is -0.270 e. The highest BCUT2D eigenvalue weighted by Crippen LogP contribution is 2.15. The number of nitrogens with zero attached hydrogens (tertiary/aromatic N) is 2. The molecular weight excluding hydrogens is 208 g/mol. The third-order valence-corrected chi connectivity index (χ3v) is 3.31. The Morgan fingerprint density at radius 3 is 2.60 bits per heavy atom. The Kier molecular flexibility index (Phi) is 5.16. The lowest BCUT2D eigenvalue weighted by Crippen LogP contribution is -2.10. The normalized spacial score (nSPS) is 13.1. The first-order valence-corrected chi connectivity index (χ1v) is 6.40. The molecule has 0 saturated carbocycles. The van der Waals surface area contributed by atoms with Crippen molar-refractivity contribution in [2.24, 2.45) is 5.92 Å². The van der Waals surface area contributed by atoms with Gasteiger partial charge < -0.3 is 0 Å². The summed E-state index contributed by atoms with van der Waals surface area (Å²) < 4.78 is 2.11. The molecule has 0 aliphatic carbocycles. The molecule has 0 fully saturated rings. The van der Waals surface area contributed by atoms with Crippen LogP contribution in [0, 0.1) is 5.92 Å². The molecule has 0 saturated heterocycles. The number of halogens is 1. The summed E-state index contributed by atoms with van der Waals surface area (Å²) in [4.78, 5) is 0. The third kappa shape index (κ3) is 3.23. The van der Waals surface area contributed by atoms with E-state index in [1.165, 1.54) is 11.4 Å². The van der Waals surface area contributed by atoms with E-state index >= 15 is 0 Å². The van der Waals surface area contributed by atoms with Crippen molar-refractivity contribution in [3.8, 4) is 0 Å². The van der Waals surface area contributed by atoms with Gasteiger partial charge in [-0.2, -0.15) is 5.10 Å². The van der Waals surface area contributed by atoms with E-state index in [0.29, 0.717) is 5.92 Å². The first kappa shape index (κ1) is 12.6. The Bertz CT molecular complexity index is 290. The van der Waals surface area contributed by atoms with Gasteiger partial charge in [0.15, 0.2) is 0 Å². The monoisotopic (exact) mass is 228 g/mol. The molecule has 1 atom stereocenters. The second-order valence-electron chi connectivity index (χ2n) is 3.93. The molecule has 0 aromatic carbocycles. The fourth-order valence-corrected chi connectivity index (χ4v) is 2.06. The molecule has 0 bridgehead atoms. The van der Waals surface area contributed by atoms with Gasteiger partial charge in [-0.3, -0.25) is 4.68 Å². The molecule has 2 nitrogen and oxygen atoms in total. The lowest BCUT2D eigenvalue weighted by atomic mass is 10.0. The van der Waals surface area contributed by atoms with E-state index in [9.17, 15) is 0 Å². The van der Waals surface area contributed by atoms with Crippen molar-refractivity contribution in [3.05, 3.63) is 17.5 Å². The molecular formula is C12H21ClN2. The molecule has 0 N–H and O–H groups in total. The van der Waals surface area contributed by atoms with Gasteiger partial charge in [0.25, 0.3) is 0 Å². The smallest absolute Gasteiger partial charge is 0.0624 e. The van der Waals surface area contributed by atoms with Gasteiger partial charge in [0, 0.05) is 18.1 Å². The number of hydrogen-bond acceptors (Lipinski definition) is 1. The summed E-state index contributed by atoms with van der Waals surface area (Å²) in [6, 6.07) is 2.22. The Hall–Kier alpha value is -0.500. The molecule has 3 heteroatoms. The average molecular weight is 229 g/mol. The van der Waals surface area contributed by atoms with E-state index in [2.05, 4.69) is 36.6 Å². The number of aromatic nitrogens is 2. The average Bonchev–Trinajstić information content (AvgIpc) is 2.68. The van der Waals surface area contributed by atoms with Crippen molar-refractivity contribution in [1.82, 2.24) is 9.78 Å². The maximum absolute atomic E-state index is 5.92. The Labute approximate surface area is 97.6 Å². The van der Waals surface area contributed by atoms with Gasteiger partial charge in [0.2, 0.25) is 0 Å². The summed E-state index contributed by atoms with van der Waals surface area (Å²) in [5, 5.41) is 4.54. The first-order valence-electron chi connectivity index (χ1n) is 5.86. The Morgan fingerprint density at radius 2 is 2.13 bits per heavy atom. The largest absolute Gasteiger partial charge is 0.270 e. The lowest BCUT2D eigenvalue weighted by molar-refractivity contribution is 0.521. The highest BCUT2D eigenvalue weighted by molar-refractivity contribution is 6.18. The Morgan fingerprint density at radius 1 is 1.40 bits per heavy atom. The SMILES string of the molecule is CCc1cc(CC(CC)CCl)n(CC)n1. The third-order valence-electron chi connectivity index (χ3n) is 2.87. The van der Waals surface area contributed by atoms with Crippen LogP contribution in [0.2, 0.25) is 0 Å². The van der Waals surface area contributed by atoms with Gasteiger partial charge in [-0.1, -0.05) is 20.3 Å². The molecule has 1 rings (SSSR count). The zero-order chi connectivity index (χ0) is 11.3. The van der Waals surface area contributed by atoms with Crippen LogP contribution < -0.4 is 0 Å². The number of hydrogen-bond donors (Lipinski definition) is 0. The van der Waals surface area contributed by atoms with E-state index in [1.54, 1.807) is 0 Å². The van der Waals surface area contributed by atoms with Crippen LogP contribution in [0.4, 0.5) is 0 Å². The topological polar surface area (TPSA) is 17.8 Å². The van der Waals surface area contributed by atoms with Crippen molar-refractivity contribution in [1.29, 1.82) is 0 Å². The maximum atomic E-state index is 5.92.